The fraction of sp³-hybridized carbons (Fsp3) is 0.273. The summed E-state index contributed by atoms with van der Waals surface area (Å²) in [6.45, 7) is 3.06. The second-order valence-corrected chi connectivity index (χ2v) is 7.20. The van der Waals surface area contributed by atoms with Gasteiger partial charge in [0.2, 0.25) is 0 Å². The number of aromatic nitrogens is 1. The summed E-state index contributed by atoms with van der Waals surface area (Å²) in [5, 5.41) is 0.661. The van der Waals surface area contributed by atoms with Gasteiger partial charge in [0.1, 0.15) is 12.4 Å². The molecular weight excluding hydrogens is 376 g/mol. The van der Waals surface area contributed by atoms with Gasteiger partial charge in [0.15, 0.2) is 11.5 Å². The summed E-state index contributed by atoms with van der Waals surface area (Å²) < 4.78 is 17.3. The van der Waals surface area contributed by atoms with E-state index in [0.29, 0.717) is 11.6 Å². The highest BCUT2D eigenvalue weighted by Crippen LogP contribution is 2.41. The van der Waals surface area contributed by atoms with Crippen molar-refractivity contribution < 1.29 is 14.2 Å². The summed E-state index contributed by atoms with van der Waals surface area (Å²) in [4.78, 5) is 5.63. The first-order valence-electron chi connectivity index (χ1n) is 9.20. The van der Waals surface area contributed by atoms with Crippen LogP contribution in [-0.4, -0.2) is 37.3 Å². The van der Waals surface area contributed by atoms with Crippen LogP contribution in [0, 0.1) is 0 Å². The molecule has 4 rings (SSSR count). The molecule has 2 heterocycles. The summed E-state index contributed by atoms with van der Waals surface area (Å²) in [5.41, 5.74) is 4.18. The molecule has 0 radical (unpaired) electrons. The van der Waals surface area contributed by atoms with Crippen molar-refractivity contribution in [3.05, 3.63) is 64.9 Å². The molecule has 0 fully saturated rings. The highest BCUT2D eigenvalue weighted by molar-refractivity contribution is 6.31. The Labute approximate surface area is 169 Å². The van der Waals surface area contributed by atoms with Gasteiger partial charge in [-0.15, -0.1) is 0 Å². The topological polar surface area (TPSA) is 46.7 Å². The number of ether oxygens (including phenoxy) is 3. The highest BCUT2D eigenvalue weighted by Gasteiger charge is 2.22. The number of methoxy groups -OCH3 is 2. The van der Waals surface area contributed by atoms with Crippen LogP contribution in [0.4, 0.5) is 0 Å². The molecule has 1 aromatic heterocycles. The molecule has 6 heteroatoms. The molecule has 2 aromatic carbocycles. The third kappa shape index (κ3) is 3.81. The minimum absolute atomic E-state index is 0.615. The molecule has 5 nitrogen and oxygen atoms in total. The van der Waals surface area contributed by atoms with Gasteiger partial charge in [-0.1, -0.05) is 11.6 Å². The molecule has 0 aliphatic carbocycles. The molecule has 1 N–H and O–H groups in total. The van der Waals surface area contributed by atoms with Crippen LogP contribution in [0.3, 0.4) is 0 Å². The van der Waals surface area contributed by atoms with Crippen molar-refractivity contribution in [2.75, 3.05) is 27.4 Å². The highest BCUT2D eigenvalue weighted by atomic mass is 35.5. The fourth-order valence-corrected chi connectivity index (χ4v) is 3.76. The second-order valence-electron chi connectivity index (χ2n) is 6.77. The lowest BCUT2D eigenvalue weighted by Crippen LogP contribution is -2.25. The lowest BCUT2D eigenvalue weighted by atomic mass is 10.0. The van der Waals surface area contributed by atoms with Crippen molar-refractivity contribution in [3.8, 4) is 28.4 Å². The lowest BCUT2D eigenvalue weighted by Gasteiger charge is -2.19. The van der Waals surface area contributed by atoms with Crippen LogP contribution in [0.2, 0.25) is 5.02 Å². The third-order valence-electron chi connectivity index (χ3n) is 4.93. The predicted molar refractivity (Wildman–Crippen MR) is 110 cm³/mol. The maximum absolute atomic E-state index is 6.25. The van der Waals surface area contributed by atoms with Crippen molar-refractivity contribution in [3.63, 3.8) is 0 Å². The van der Waals surface area contributed by atoms with Gasteiger partial charge in [-0.3, -0.25) is 4.90 Å². The van der Waals surface area contributed by atoms with E-state index in [1.807, 2.05) is 36.5 Å². The number of benzene rings is 2. The largest absolute Gasteiger partial charge is 0.496 e. The Hall–Kier alpha value is -2.63. The SMILES string of the molecule is COc1ccc(Cl)cc1-c1cc2c(c(OC)c1)OCCN(Cc1ccc[nH]1)C2. The van der Waals surface area contributed by atoms with Gasteiger partial charge in [0.25, 0.3) is 0 Å². The van der Waals surface area contributed by atoms with Gasteiger partial charge in [-0.2, -0.15) is 0 Å². The normalized spacial score (nSPS) is 14.1. The van der Waals surface area contributed by atoms with Crippen LogP contribution >= 0.6 is 11.6 Å². The van der Waals surface area contributed by atoms with E-state index in [0.717, 1.165) is 53.6 Å². The summed E-state index contributed by atoms with van der Waals surface area (Å²) in [6.07, 6.45) is 1.95. The molecule has 0 saturated heterocycles. The minimum Gasteiger partial charge on any atom is -0.496 e. The average Bonchev–Trinajstić information content (AvgIpc) is 3.12. The zero-order valence-corrected chi connectivity index (χ0v) is 16.8. The van der Waals surface area contributed by atoms with Gasteiger partial charge in [0, 0.05) is 47.7 Å². The maximum Gasteiger partial charge on any atom is 0.165 e. The number of hydrogen-bond acceptors (Lipinski definition) is 4. The minimum atomic E-state index is 0.615. The van der Waals surface area contributed by atoms with Crippen molar-refractivity contribution in [1.29, 1.82) is 0 Å². The van der Waals surface area contributed by atoms with E-state index in [4.69, 9.17) is 25.8 Å². The van der Waals surface area contributed by atoms with Crippen molar-refractivity contribution in [2.24, 2.45) is 0 Å². The summed E-state index contributed by atoms with van der Waals surface area (Å²) in [6, 6.07) is 13.9. The number of rotatable bonds is 5. The maximum atomic E-state index is 6.25. The Morgan fingerprint density at radius 3 is 2.71 bits per heavy atom. The van der Waals surface area contributed by atoms with Gasteiger partial charge in [-0.25, -0.2) is 0 Å². The Balaban J connectivity index is 1.74. The summed E-state index contributed by atoms with van der Waals surface area (Å²) >= 11 is 6.25. The monoisotopic (exact) mass is 398 g/mol. The molecule has 0 saturated carbocycles. The number of halogens is 1. The smallest absolute Gasteiger partial charge is 0.165 e. The fourth-order valence-electron chi connectivity index (χ4n) is 3.59. The van der Waals surface area contributed by atoms with Crippen molar-refractivity contribution in [1.82, 2.24) is 9.88 Å². The van der Waals surface area contributed by atoms with E-state index in [1.165, 1.54) is 5.69 Å². The van der Waals surface area contributed by atoms with E-state index in [2.05, 4.69) is 22.0 Å². The summed E-state index contributed by atoms with van der Waals surface area (Å²) in [5.74, 6) is 2.29. The number of aromatic amines is 1. The molecule has 28 heavy (non-hydrogen) atoms. The van der Waals surface area contributed by atoms with E-state index in [1.54, 1.807) is 14.2 Å². The molecular formula is C22H23ClN2O3. The summed E-state index contributed by atoms with van der Waals surface area (Å²) in [7, 11) is 3.33. The average molecular weight is 399 g/mol. The number of nitrogens with one attached hydrogen (secondary N) is 1. The van der Waals surface area contributed by atoms with Gasteiger partial charge in [0.05, 0.1) is 14.2 Å². The second kappa shape index (κ2) is 8.17. The molecule has 0 spiro atoms. The Morgan fingerprint density at radius 2 is 1.96 bits per heavy atom. The predicted octanol–water partition coefficient (Wildman–Crippen LogP) is 4.75. The van der Waals surface area contributed by atoms with Crippen LogP contribution < -0.4 is 14.2 Å². The standard InChI is InChI=1S/C22H23ClN2O3/c1-26-20-6-5-17(23)12-19(20)15-10-16-13-25(14-18-4-3-7-24-18)8-9-28-22(16)21(11-15)27-2/h3-7,10-12,24H,8-9,13-14H2,1-2H3. The molecule has 0 bridgehead atoms. The van der Waals surface area contributed by atoms with E-state index < -0.39 is 0 Å². The van der Waals surface area contributed by atoms with E-state index >= 15 is 0 Å². The van der Waals surface area contributed by atoms with Crippen LogP contribution in [0.15, 0.2) is 48.7 Å². The Kier molecular flexibility index (Phi) is 5.46. The molecule has 1 aliphatic rings. The van der Waals surface area contributed by atoms with Crippen LogP contribution in [0.5, 0.6) is 17.2 Å². The zero-order chi connectivity index (χ0) is 19.5. The third-order valence-corrected chi connectivity index (χ3v) is 5.16. The van der Waals surface area contributed by atoms with Gasteiger partial charge >= 0.3 is 0 Å². The lowest BCUT2D eigenvalue weighted by molar-refractivity contribution is 0.215. The molecule has 0 amide bonds. The quantitative estimate of drug-likeness (QED) is 0.673. The first-order chi connectivity index (χ1) is 13.7. The molecule has 0 atom stereocenters. The molecule has 146 valence electrons. The number of nitrogens with zero attached hydrogens (tertiary/aromatic N) is 1. The van der Waals surface area contributed by atoms with Crippen molar-refractivity contribution in [2.45, 2.75) is 13.1 Å². The zero-order valence-electron chi connectivity index (χ0n) is 16.0. The Bertz CT molecular complexity index is 957. The van der Waals surface area contributed by atoms with Crippen LogP contribution in [-0.2, 0) is 13.1 Å². The van der Waals surface area contributed by atoms with Crippen LogP contribution in [0.1, 0.15) is 11.3 Å². The molecule has 0 unspecified atom stereocenters. The molecule has 1 aliphatic heterocycles. The Morgan fingerprint density at radius 1 is 1.11 bits per heavy atom. The van der Waals surface area contributed by atoms with Crippen molar-refractivity contribution >= 4 is 11.6 Å². The van der Waals surface area contributed by atoms with E-state index in [-0.39, 0.29) is 0 Å². The van der Waals surface area contributed by atoms with Gasteiger partial charge < -0.3 is 19.2 Å². The molecule has 3 aromatic rings. The van der Waals surface area contributed by atoms with E-state index in [9.17, 15) is 0 Å². The van der Waals surface area contributed by atoms with Gasteiger partial charge in [-0.05, 0) is 48.0 Å². The van der Waals surface area contributed by atoms with Crippen LogP contribution in [0.25, 0.3) is 11.1 Å². The first kappa shape index (κ1) is 18.7. The number of fused-ring (bicyclic) bond motifs is 1. The first-order valence-corrected chi connectivity index (χ1v) is 9.58. The number of hydrogen-bond donors (Lipinski definition) is 1. The number of H-pyrrole nitrogens is 1.